The number of carbonyl (C=O) groups is 1. The summed E-state index contributed by atoms with van der Waals surface area (Å²) >= 11 is 6.05. The van der Waals surface area contributed by atoms with E-state index in [-0.39, 0.29) is 16.8 Å². The average Bonchev–Trinajstić information content (AvgIpc) is 2.71. The molecule has 1 aromatic heterocycles. The van der Waals surface area contributed by atoms with E-state index in [1.807, 2.05) is 25.1 Å². The number of hydrogen-bond donors (Lipinski definition) is 1. The van der Waals surface area contributed by atoms with Crippen LogP contribution in [0, 0.1) is 25.2 Å². The molecule has 2 aromatic carbocycles. The predicted molar refractivity (Wildman–Crippen MR) is 111 cm³/mol. The second-order valence-corrected chi connectivity index (χ2v) is 6.59. The van der Waals surface area contributed by atoms with Crippen molar-refractivity contribution in [1.29, 1.82) is 5.26 Å². The molecule has 1 heterocycles. The van der Waals surface area contributed by atoms with Crippen molar-refractivity contribution in [3.63, 3.8) is 0 Å². The minimum Gasteiger partial charge on any atom is -0.266 e. The molecule has 0 unspecified atom stereocenters. The standard InChI is InChI=1S/C21H16ClN5O2/c1-13-7-3-6-10-18(13)27-21(29)16(11-23)14(2)19(26-27)20(28)25-24-12-15-8-4-5-9-17(15)22/h3-10,12H,1-2H3,(H,25,28)/b24-12+. The molecule has 0 atom stereocenters. The molecule has 0 aliphatic carbocycles. The SMILES string of the molecule is Cc1ccccc1-n1nc(C(=O)N/N=C/c2ccccc2Cl)c(C)c(C#N)c1=O. The number of amides is 1. The highest BCUT2D eigenvalue weighted by Gasteiger charge is 2.20. The first-order valence-corrected chi connectivity index (χ1v) is 8.99. The van der Waals surface area contributed by atoms with Gasteiger partial charge in [0.15, 0.2) is 5.69 Å². The van der Waals surface area contributed by atoms with Gasteiger partial charge in [-0.05, 0) is 31.5 Å². The fourth-order valence-corrected chi connectivity index (χ4v) is 2.89. The number of rotatable bonds is 4. The smallest absolute Gasteiger partial charge is 0.266 e. The lowest BCUT2D eigenvalue weighted by Gasteiger charge is -2.12. The predicted octanol–water partition coefficient (Wildman–Crippen LogP) is 3.14. The molecule has 1 amide bonds. The van der Waals surface area contributed by atoms with Gasteiger partial charge >= 0.3 is 0 Å². The number of nitrogens with zero attached hydrogens (tertiary/aromatic N) is 4. The van der Waals surface area contributed by atoms with Gasteiger partial charge < -0.3 is 0 Å². The maximum absolute atomic E-state index is 12.7. The first-order valence-electron chi connectivity index (χ1n) is 8.62. The van der Waals surface area contributed by atoms with Crippen LogP contribution in [-0.4, -0.2) is 21.9 Å². The Morgan fingerprint density at radius 2 is 1.90 bits per heavy atom. The monoisotopic (exact) mass is 405 g/mol. The van der Waals surface area contributed by atoms with Crippen LogP contribution < -0.4 is 11.0 Å². The van der Waals surface area contributed by atoms with Crippen LogP contribution >= 0.6 is 11.6 Å². The van der Waals surface area contributed by atoms with Crippen molar-refractivity contribution < 1.29 is 4.79 Å². The molecule has 3 rings (SSSR count). The van der Waals surface area contributed by atoms with Crippen molar-refractivity contribution in [3.8, 4) is 11.8 Å². The molecule has 8 heteroatoms. The Balaban J connectivity index is 2.01. The van der Waals surface area contributed by atoms with E-state index >= 15 is 0 Å². The van der Waals surface area contributed by atoms with Gasteiger partial charge in [-0.1, -0.05) is 48.0 Å². The van der Waals surface area contributed by atoms with Gasteiger partial charge in [0.2, 0.25) is 0 Å². The van der Waals surface area contributed by atoms with Gasteiger partial charge in [-0.2, -0.15) is 20.1 Å². The topological polar surface area (TPSA) is 100 Å². The lowest BCUT2D eigenvalue weighted by Crippen LogP contribution is -2.31. The summed E-state index contributed by atoms with van der Waals surface area (Å²) in [5.74, 6) is -0.648. The second kappa shape index (κ2) is 8.50. The first kappa shape index (κ1) is 20.0. The summed E-state index contributed by atoms with van der Waals surface area (Å²) in [4.78, 5) is 25.3. The number of aryl methyl sites for hydroxylation is 1. The average molecular weight is 406 g/mol. The van der Waals surface area contributed by atoms with Crippen molar-refractivity contribution in [2.45, 2.75) is 13.8 Å². The van der Waals surface area contributed by atoms with Gasteiger partial charge in [0.25, 0.3) is 11.5 Å². The number of halogens is 1. The fraction of sp³-hybridized carbons (Fsp3) is 0.0952. The molecule has 7 nitrogen and oxygen atoms in total. The third-order valence-corrected chi connectivity index (χ3v) is 4.63. The number of benzene rings is 2. The maximum Gasteiger partial charge on any atom is 0.292 e. The van der Waals surface area contributed by atoms with E-state index in [0.29, 0.717) is 16.3 Å². The molecule has 0 spiro atoms. The summed E-state index contributed by atoms with van der Waals surface area (Å²) in [6.07, 6.45) is 1.40. The van der Waals surface area contributed by atoms with Crippen LogP contribution in [0.3, 0.4) is 0 Å². The van der Waals surface area contributed by atoms with E-state index in [0.717, 1.165) is 10.2 Å². The molecule has 0 radical (unpaired) electrons. The lowest BCUT2D eigenvalue weighted by molar-refractivity contribution is 0.0947. The largest absolute Gasteiger partial charge is 0.292 e. The van der Waals surface area contributed by atoms with E-state index in [1.54, 1.807) is 36.4 Å². The van der Waals surface area contributed by atoms with Crippen molar-refractivity contribution in [2.24, 2.45) is 5.10 Å². The number of nitriles is 1. The van der Waals surface area contributed by atoms with E-state index in [1.165, 1.54) is 13.1 Å². The van der Waals surface area contributed by atoms with E-state index in [2.05, 4.69) is 15.6 Å². The minimum absolute atomic E-state index is 0.0688. The Bertz CT molecular complexity index is 1220. The lowest BCUT2D eigenvalue weighted by atomic mass is 10.1. The molecular weight excluding hydrogens is 390 g/mol. The van der Waals surface area contributed by atoms with Gasteiger partial charge in [-0.15, -0.1) is 0 Å². The highest BCUT2D eigenvalue weighted by atomic mass is 35.5. The molecule has 144 valence electrons. The van der Waals surface area contributed by atoms with Gasteiger partial charge in [0.05, 0.1) is 11.9 Å². The van der Waals surface area contributed by atoms with Crippen molar-refractivity contribution in [3.05, 3.63) is 91.9 Å². The zero-order chi connectivity index (χ0) is 21.0. The van der Waals surface area contributed by atoms with Crippen LogP contribution in [0.15, 0.2) is 58.4 Å². The number of hydrogen-bond acceptors (Lipinski definition) is 5. The van der Waals surface area contributed by atoms with Crippen LogP contribution in [0.1, 0.15) is 32.7 Å². The van der Waals surface area contributed by atoms with Crippen LogP contribution in [0.25, 0.3) is 5.69 Å². The summed E-state index contributed by atoms with van der Waals surface area (Å²) in [5, 5.41) is 18.0. The molecule has 0 saturated carbocycles. The molecule has 0 bridgehead atoms. The summed E-state index contributed by atoms with van der Waals surface area (Å²) in [6, 6.07) is 16.0. The van der Waals surface area contributed by atoms with Gasteiger partial charge in [0, 0.05) is 16.1 Å². The number of carbonyl (C=O) groups excluding carboxylic acids is 1. The zero-order valence-corrected chi connectivity index (χ0v) is 16.4. The highest BCUT2D eigenvalue weighted by Crippen LogP contribution is 2.14. The molecule has 0 aliphatic rings. The van der Waals surface area contributed by atoms with Crippen molar-refractivity contribution in [1.82, 2.24) is 15.2 Å². The third-order valence-electron chi connectivity index (χ3n) is 4.28. The van der Waals surface area contributed by atoms with E-state index in [4.69, 9.17) is 11.6 Å². The Labute approximate surface area is 171 Å². The zero-order valence-electron chi connectivity index (χ0n) is 15.7. The molecule has 0 fully saturated rings. The Morgan fingerprint density at radius 1 is 1.21 bits per heavy atom. The number of hydrazone groups is 1. The summed E-state index contributed by atoms with van der Waals surface area (Å²) in [6.45, 7) is 3.31. The summed E-state index contributed by atoms with van der Waals surface area (Å²) in [5.41, 5.74) is 3.64. The van der Waals surface area contributed by atoms with E-state index in [9.17, 15) is 14.9 Å². The molecule has 1 N–H and O–H groups in total. The van der Waals surface area contributed by atoms with Gasteiger partial charge in [-0.3, -0.25) is 9.59 Å². The van der Waals surface area contributed by atoms with Crippen molar-refractivity contribution >= 4 is 23.7 Å². The number of para-hydroxylation sites is 1. The third kappa shape index (κ3) is 4.08. The normalized spacial score (nSPS) is 10.7. The summed E-state index contributed by atoms with van der Waals surface area (Å²) < 4.78 is 1.06. The van der Waals surface area contributed by atoms with Crippen molar-refractivity contribution in [2.75, 3.05) is 0 Å². The fourth-order valence-electron chi connectivity index (χ4n) is 2.71. The Hall–Kier alpha value is -3.76. The van der Waals surface area contributed by atoms with Crippen LogP contribution in [0.4, 0.5) is 0 Å². The van der Waals surface area contributed by atoms with Crippen LogP contribution in [0.2, 0.25) is 5.02 Å². The maximum atomic E-state index is 12.7. The van der Waals surface area contributed by atoms with Crippen LogP contribution in [0.5, 0.6) is 0 Å². The van der Waals surface area contributed by atoms with Gasteiger partial charge in [-0.25, -0.2) is 5.43 Å². The van der Waals surface area contributed by atoms with Crippen LogP contribution in [-0.2, 0) is 0 Å². The molecule has 3 aromatic rings. The quantitative estimate of drug-likeness (QED) is 0.532. The summed E-state index contributed by atoms with van der Waals surface area (Å²) in [7, 11) is 0. The number of aromatic nitrogens is 2. The van der Waals surface area contributed by atoms with E-state index < -0.39 is 11.5 Å². The van der Waals surface area contributed by atoms with Gasteiger partial charge in [0.1, 0.15) is 11.6 Å². The first-order chi connectivity index (χ1) is 13.9. The highest BCUT2D eigenvalue weighted by molar-refractivity contribution is 6.33. The minimum atomic E-state index is -0.648. The molecule has 0 saturated heterocycles. The second-order valence-electron chi connectivity index (χ2n) is 6.18. The molecular formula is C21H16ClN5O2. The Morgan fingerprint density at radius 3 is 2.59 bits per heavy atom. The number of nitrogens with one attached hydrogen (secondary N) is 1. The molecule has 0 aliphatic heterocycles. The Kier molecular flexibility index (Phi) is 5.86. The molecule has 29 heavy (non-hydrogen) atoms.